The number of thiophene rings is 1. The molecule has 2 aliphatic heterocycles. The van der Waals surface area contributed by atoms with Gasteiger partial charge in [0, 0.05) is 28.6 Å². The van der Waals surface area contributed by atoms with Gasteiger partial charge in [-0.1, -0.05) is 18.2 Å². The summed E-state index contributed by atoms with van der Waals surface area (Å²) in [5.41, 5.74) is 3.02. The zero-order valence-electron chi connectivity index (χ0n) is 14.9. The van der Waals surface area contributed by atoms with Crippen LogP contribution in [0.5, 0.6) is 0 Å². The molecular weight excluding hydrogens is 368 g/mol. The van der Waals surface area contributed by atoms with E-state index in [1.54, 1.807) is 11.3 Å². The lowest BCUT2D eigenvalue weighted by Crippen LogP contribution is -2.49. The van der Waals surface area contributed by atoms with Crippen molar-refractivity contribution in [3.8, 4) is 0 Å². The molecule has 0 unspecified atom stereocenters. The van der Waals surface area contributed by atoms with Crippen molar-refractivity contribution in [2.24, 2.45) is 0 Å². The first-order valence-electron chi connectivity index (χ1n) is 8.76. The van der Waals surface area contributed by atoms with Gasteiger partial charge in [0.1, 0.15) is 5.00 Å². The predicted molar refractivity (Wildman–Crippen MR) is 105 cm³/mol. The maximum Gasteiger partial charge on any atom is 0.260 e. The number of aryl methyl sites for hydroxylation is 1. The van der Waals surface area contributed by atoms with Crippen LogP contribution in [0.25, 0.3) is 0 Å². The van der Waals surface area contributed by atoms with Crippen molar-refractivity contribution in [1.82, 2.24) is 4.90 Å². The molecule has 2 aliphatic rings. The van der Waals surface area contributed by atoms with E-state index < -0.39 is 9.84 Å². The number of nitrogens with zero attached hydrogens (tertiary/aromatic N) is 2. The highest BCUT2D eigenvalue weighted by atomic mass is 32.2. The molecule has 1 aromatic heterocycles. The third-order valence-corrected chi connectivity index (χ3v) is 8.43. The maximum atomic E-state index is 13.2. The minimum absolute atomic E-state index is 0.0150. The second-order valence-corrected chi connectivity index (χ2v) is 10.5. The van der Waals surface area contributed by atoms with E-state index in [4.69, 9.17) is 0 Å². The molecule has 3 heterocycles. The fourth-order valence-electron chi connectivity index (χ4n) is 3.76. The number of hydrogen-bond acceptors (Lipinski definition) is 5. The number of hydrogen-bond donors (Lipinski definition) is 0. The Labute approximate surface area is 158 Å². The Bertz CT molecular complexity index is 951. The van der Waals surface area contributed by atoms with Crippen LogP contribution in [0.4, 0.5) is 5.00 Å². The Morgan fingerprint density at radius 1 is 1.19 bits per heavy atom. The molecule has 0 radical (unpaired) electrons. The van der Waals surface area contributed by atoms with Gasteiger partial charge in [0.05, 0.1) is 18.2 Å². The Morgan fingerprint density at radius 2 is 1.92 bits per heavy atom. The van der Waals surface area contributed by atoms with E-state index in [-0.39, 0.29) is 23.5 Å². The largest absolute Gasteiger partial charge is 0.286 e. The summed E-state index contributed by atoms with van der Waals surface area (Å²) in [5, 5.41) is 1.01. The molecular formula is C19H22N2O3S2. The molecule has 2 aromatic rings. The molecule has 5 nitrogen and oxygen atoms in total. The van der Waals surface area contributed by atoms with Crippen LogP contribution in [-0.4, -0.2) is 43.4 Å². The second-order valence-electron chi connectivity index (χ2n) is 7.11. The number of sulfone groups is 1. The van der Waals surface area contributed by atoms with Crippen LogP contribution in [0.15, 0.2) is 30.3 Å². The fraction of sp³-hybridized carbons (Fsp3) is 0.421. The number of benzene rings is 1. The molecule has 1 fully saturated rings. The third kappa shape index (κ3) is 3.08. The average Bonchev–Trinajstić information content (AvgIpc) is 3.14. The Hall–Kier alpha value is -1.70. The van der Waals surface area contributed by atoms with Crippen LogP contribution in [0.1, 0.15) is 32.8 Å². The molecule has 138 valence electrons. The van der Waals surface area contributed by atoms with Crippen molar-refractivity contribution in [3.05, 3.63) is 51.9 Å². The monoisotopic (exact) mass is 390 g/mol. The van der Waals surface area contributed by atoms with Crippen LogP contribution in [-0.2, 0) is 16.4 Å². The van der Waals surface area contributed by atoms with E-state index in [1.165, 1.54) is 10.4 Å². The number of anilines is 1. The van der Waals surface area contributed by atoms with Gasteiger partial charge in [-0.25, -0.2) is 8.42 Å². The highest BCUT2D eigenvalue weighted by molar-refractivity contribution is 7.91. The summed E-state index contributed by atoms with van der Waals surface area (Å²) in [6.07, 6.45) is 0.646. The van der Waals surface area contributed by atoms with Gasteiger partial charge in [-0.2, -0.15) is 0 Å². The van der Waals surface area contributed by atoms with Crippen LogP contribution in [0.2, 0.25) is 0 Å². The summed E-state index contributed by atoms with van der Waals surface area (Å²) >= 11 is 1.65. The molecule has 1 atom stereocenters. The van der Waals surface area contributed by atoms with Gasteiger partial charge in [-0.15, -0.1) is 11.3 Å². The van der Waals surface area contributed by atoms with Crippen molar-refractivity contribution in [2.45, 2.75) is 32.9 Å². The van der Waals surface area contributed by atoms with Gasteiger partial charge in [-0.3, -0.25) is 14.6 Å². The first kappa shape index (κ1) is 17.7. The molecule has 0 bridgehead atoms. The van der Waals surface area contributed by atoms with Crippen molar-refractivity contribution in [1.29, 1.82) is 0 Å². The molecule has 1 aromatic carbocycles. The van der Waals surface area contributed by atoms with Crippen molar-refractivity contribution >= 4 is 32.1 Å². The topological polar surface area (TPSA) is 57.7 Å². The van der Waals surface area contributed by atoms with E-state index in [0.29, 0.717) is 25.2 Å². The molecule has 4 rings (SSSR count). The average molecular weight is 391 g/mol. The summed E-state index contributed by atoms with van der Waals surface area (Å²) in [7, 11) is -2.96. The molecule has 0 spiro atoms. The molecule has 0 N–H and O–H groups in total. The Balaban J connectivity index is 1.71. The number of carbonyl (C=O) groups excluding carboxylic acids is 1. The quantitative estimate of drug-likeness (QED) is 0.791. The Kier molecular flexibility index (Phi) is 4.41. The van der Waals surface area contributed by atoms with E-state index in [0.717, 1.165) is 10.6 Å². The van der Waals surface area contributed by atoms with Crippen molar-refractivity contribution in [2.75, 3.05) is 23.1 Å². The highest BCUT2D eigenvalue weighted by Gasteiger charge is 2.38. The summed E-state index contributed by atoms with van der Waals surface area (Å²) in [5.74, 6) is 0.409. The summed E-state index contributed by atoms with van der Waals surface area (Å²) < 4.78 is 23.9. The van der Waals surface area contributed by atoms with Gasteiger partial charge in [0.25, 0.3) is 5.91 Å². The van der Waals surface area contributed by atoms with Crippen molar-refractivity contribution < 1.29 is 13.2 Å². The number of amides is 1. The molecule has 0 aliphatic carbocycles. The summed E-state index contributed by atoms with van der Waals surface area (Å²) in [6, 6.07) is 9.27. The van der Waals surface area contributed by atoms with Gasteiger partial charge < -0.3 is 0 Å². The van der Waals surface area contributed by atoms with Crippen molar-refractivity contribution in [3.63, 3.8) is 0 Å². The van der Waals surface area contributed by atoms with E-state index >= 15 is 0 Å². The minimum Gasteiger partial charge on any atom is -0.286 e. The highest BCUT2D eigenvalue weighted by Crippen LogP contribution is 2.41. The van der Waals surface area contributed by atoms with Crippen LogP contribution < -0.4 is 4.90 Å². The molecule has 0 saturated carbocycles. The zero-order valence-corrected chi connectivity index (χ0v) is 16.6. The van der Waals surface area contributed by atoms with E-state index in [9.17, 15) is 13.2 Å². The maximum absolute atomic E-state index is 13.2. The summed E-state index contributed by atoms with van der Waals surface area (Å²) in [6.45, 7) is 5.32. The lowest BCUT2D eigenvalue weighted by Gasteiger charge is -2.38. The first-order valence-corrected chi connectivity index (χ1v) is 11.4. The smallest absolute Gasteiger partial charge is 0.260 e. The standard InChI is InChI=1S/C19H22N2O3S2/c1-13-14(2)25-19-17(13)10-20(16-8-9-26(23,24)11-16)12-21(19)18(22)15-6-4-3-5-7-15/h3-7,16H,8-12H2,1-2H3/t16-/m1/s1. The van der Waals surface area contributed by atoms with Gasteiger partial charge in [0.15, 0.2) is 9.84 Å². The first-order chi connectivity index (χ1) is 12.4. The van der Waals surface area contributed by atoms with E-state index in [1.807, 2.05) is 35.2 Å². The van der Waals surface area contributed by atoms with Crippen LogP contribution in [0.3, 0.4) is 0 Å². The molecule has 7 heteroatoms. The molecule has 1 saturated heterocycles. The molecule has 26 heavy (non-hydrogen) atoms. The second kappa shape index (κ2) is 6.48. The third-order valence-electron chi connectivity index (χ3n) is 5.41. The predicted octanol–water partition coefficient (Wildman–Crippen LogP) is 2.97. The SMILES string of the molecule is Cc1sc2c(c1C)CN([C@@H]1CCS(=O)(=O)C1)CN2C(=O)c1ccccc1. The minimum atomic E-state index is -2.96. The van der Waals surface area contributed by atoms with Crippen LogP contribution in [0, 0.1) is 13.8 Å². The van der Waals surface area contributed by atoms with Gasteiger partial charge in [-0.05, 0) is 38.0 Å². The number of fused-ring (bicyclic) bond motifs is 1. The lowest BCUT2D eigenvalue weighted by molar-refractivity contribution is 0.0945. The van der Waals surface area contributed by atoms with Gasteiger partial charge >= 0.3 is 0 Å². The fourth-order valence-corrected chi connectivity index (χ4v) is 6.68. The number of rotatable bonds is 2. The Morgan fingerprint density at radius 3 is 2.58 bits per heavy atom. The van der Waals surface area contributed by atoms with E-state index in [2.05, 4.69) is 18.7 Å². The summed E-state index contributed by atoms with van der Waals surface area (Å²) in [4.78, 5) is 18.4. The zero-order chi connectivity index (χ0) is 18.5. The van der Waals surface area contributed by atoms with Gasteiger partial charge in [0.2, 0.25) is 0 Å². The lowest BCUT2D eigenvalue weighted by atomic mass is 10.1. The normalized spacial score (nSPS) is 22.4. The van der Waals surface area contributed by atoms with Crippen LogP contribution >= 0.6 is 11.3 Å². The number of carbonyl (C=O) groups is 1. The molecule has 1 amide bonds.